The van der Waals surface area contributed by atoms with Gasteiger partial charge in [0.05, 0.1) is 11.5 Å². The summed E-state index contributed by atoms with van der Waals surface area (Å²) in [5.74, 6) is -0.179. The molecule has 1 saturated heterocycles. The molecular formula is C26H32F3N3O. The molecule has 4 rings (SSSR count). The Labute approximate surface area is 193 Å². The van der Waals surface area contributed by atoms with Gasteiger partial charge in [0.2, 0.25) is 5.91 Å². The van der Waals surface area contributed by atoms with Crippen LogP contribution in [0.25, 0.3) is 0 Å². The Morgan fingerprint density at radius 2 is 1.64 bits per heavy atom. The summed E-state index contributed by atoms with van der Waals surface area (Å²) in [6.45, 7) is 3.28. The molecule has 1 amide bonds. The molecule has 0 bridgehead atoms. The lowest BCUT2D eigenvalue weighted by atomic mass is 9.93. The summed E-state index contributed by atoms with van der Waals surface area (Å²) in [7, 11) is 0. The molecule has 2 aliphatic rings. The second-order valence-electron chi connectivity index (χ2n) is 9.14. The second-order valence-corrected chi connectivity index (χ2v) is 9.14. The van der Waals surface area contributed by atoms with E-state index in [2.05, 4.69) is 10.2 Å². The third-order valence-electron chi connectivity index (χ3n) is 6.82. The Kier molecular flexibility index (Phi) is 7.58. The van der Waals surface area contributed by atoms with Gasteiger partial charge < -0.3 is 10.2 Å². The monoisotopic (exact) mass is 459 g/mol. The maximum absolute atomic E-state index is 13.2. The number of nitrogens with one attached hydrogen (secondary N) is 1. The van der Waals surface area contributed by atoms with Crippen LogP contribution in [0.5, 0.6) is 0 Å². The SMILES string of the molecule is O=C(NC1CCCCC1)C(CN1CCN(c2cccc(C(F)(F)F)c2)CC1)c1ccccc1. The molecule has 1 heterocycles. The number of carbonyl (C=O) groups excluding carboxylic acids is 1. The summed E-state index contributed by atoms with van der Waals surface area (Å²) in [5.41, 5.74) is 0.983. The van der Waals surface area contributed by atoms with Crippen LogP contribution in [-0.2, 0) is 11.0 Å². The topological polar surface area (TPSA) is 35.6 Å². The lowest BCUT2D eigenvalue weighted by Crippen LogP contribution is -2.49. The van der Waals surface area contributed by atoms with E-state index in [0.717, 1.165) is 24.5 Å². The summed E-state index contributed by atoms with van der Waals surface area (Å²) in [6, 6.07) is 15.7. The first-order valence-corrected chi connectivity index (χ1v) is 11.9. The summed E-state index contributed by atoms with van der Waals surface area (Å²) in [4.78, 5) is 17.5. The van der Waals surface area contributed by atoms with Gasteiger partial charge in [-0.1, -0.05) is 55.7 Å². The first-order valence-electron chi connectivity index (χ1n) is 11.9. The number of anilines is 1. The van der Waals surface area contributed by atoms with Gasteiger partial charge >= 0.3 is 6.18 Å². The maximum atomic E-state index is 13.2. The Hall–Kier alpha value is -2.54. The van der Waals surface area contributed by atoms with E-state index in [1.165, 1.54) is 31.4 Å². The highest BCUT2D eigenvalue weighted by atomic mass is 19.4. The van der Waals surface area contributed by atoms with Crippen LogP contribution in [0.2, 0.25) is 0 Å². The largest absolute Gasteiger partial charge is 0.416 e. The molecule has 1 N–H and O–H groups in total. The fraction of sp³-hybridized carbons (Fsp3) is 0.500. The standard InChI is InChI=1S/C26H32F3N3O/c27-26(28,29)21-10-7-13-23(18-21)32-16-14-31(15-17-32)19-24(20-8-3-1-4-9-20)25(33)30-22-11-5-2-6-12-22/h1,3-4,7-10,13,18,22,24H,2,5-6,11-12,14-17,19H2,(H,30,33). The Balaban J connectivity index is 1.39. The molecule has 4 nitrogen and oxygen atoms in total. The number of halogens is 3. The Morgan fingerprint density at radius 3 is 2.30 bits per heavy atom. The molecule has 2 aromatic carbocycles. The van der Waals surface area contributed by atoms with E-state index in [1.807, 2.05) is 35.2 Å². The van der Waals surface area contributed by atoms with Crippen molar-refractivity contribution in [1.82, 2.24) is 10.2 Å². The van der Waals surface area contributed by atoms with Crippen molar-refractivity contribution in [1.29, 1.82) is 0 Å². The molecule has 33 heavy (non-hydrogen) atoms. The molecular weight excluding hydrogens is 427 g/mol. The molecule has 1 aliphatic heterocycles. The fourth-order valence-corrected chi connectivity index (χ4v) is 4.90. The van der Waals surface area contributed by atoms with Crippen molar-refractivity contribution in [2.75, 3.05) is 37.6 Å². The molecule has 1 saturated carbocycles. The van der Waals surface area contributed by atoms with Gasteiger partial charge in [-0.25, -0.2) is 0 Å². The molecule has 178 valence electrons. The number of piperazine rings is 1. The first kappa shape index (κ1) is 23.6. The van der Waals surface area contributed by atoms with Crippen molar-refractivity contribution in [2.45, 2.75) is 50.2 Å². The van der Waals surface area contributed by atoms with Gasteiger partial charge in [-0.05, 0) is 36.6 Å². The minimum Gasteiger partial charge on any atom is -0.369 e. The van der Waals surface area contributed by atoms with Crippen LogP contribution in [0.1, 0.15) is 49.1 Å². The van der Waals surface area contributed by atoms with Crippen molar-refractivity contribution < 1.29 is 18.0 Å². The van der Waals surface area contributed by atoms with Crippen LogP contribution in [0.15, 0.2) is 54.6 Å². The molecule has 0 aromatic heterocycles. The molecule has 2 fully saturated rings. The maximum Gasteiger partial charge on any atom is 0.416 e. The van der Waals surface area contributed by atoms with E-state index >= 15 is 0 Å². The highest BCUT2D eigenvalue weighted by Gasteiger charge is 2.32. The molecule has 0 radical (unpaired) electrons. The van der Waals surface area contributed by atoms with Crippen molar-refractivity contribution in [3.8, 4) is 0 Å². The lowest BCUT2D eigenvalue weighted by molar-refractivity contribution is -0.137. The van der Waals surface area contributed by atoms with E-state index in [1.54, 1.807) is 6.07 Å². The molecule has 0 spiro atoms. The van der Waals surface area contributed by atoms with E-state index in [-0.39, 0.29) is 17.9 Å². The molecule has 1 aliphatic carbocycles. The highest BCUT2D eigenvalue weighted by Crippen LogP contribution is 2.32. The molecule has 1 unspecified atom stereocenters. The van der Waals surface area contributed by atoms with Crippen LogP contribution in [0.3, 0.4) is 0 Å². The normalized spacial score (nSPS) is 19.3. The number of hydrogen-bond donors (Lipinski definition) is 1. The minimum absolute atomic E-state index is 0.0772. The average Bonchev–Trinajstić information content (AvgIpc) is 2.83. The van der Waals surface area contributed by atoms with E-state index in [9.17, 15) is 18.0 Å². The fourth-order valence-electron chi connectivity index (χ4n) is 4.90. The van der Waals surface area contributed by atoms with Crippen molar-refractivity contribution >= 4 is 11.6 Å². The number of carbonyl (C=O) groups is 1. The van der Waals surface area contributed by atoms with Crippen LogP contribution >= 0.6 is 0 Å². The number of amides is 1. The highest BCUT2D eigenvalue weighted by molar-refractivity contribution is 5.84. The molecule has 7 heteroatoms. The quantitative estimate of drug-likeness (QED) is 0.656. The second kappa shape index (κ2) is 10.6. The van der Waals surface area contributed by atoms with Crippen molar-refractivity contribution in [2.24, 2.45) is 0 Å². The number of nitrogens with zero attached hydrogens (tertiary/aromatic N) is 2. The predicted octanol–water partition coefficient (Wildman–Crippen LogP) is 5.06. The Bertz CT molecular complexity index is 904. The van der Waals surface area contributed by atoms with Crippen LogP contribution in [-0.4, -0.2) is 49.6 Å². The van der Waals surface area contributed by atoms with Crippen molar-refractivity contribution in [3.05, 3.63) is 65.7 Å². The summed E-state index contributed by atoms with van der Waals surface area (Å²) >= 11 is 0. The van der Waals surface area contributed by atoms with Gasteiger partial charge in [-0.3, -0.25) is 9.69 Å². The van der Waals surface area contributed by atoms with Crippen LogP contribution in [0, 0.1) is 0 Å². The summed E-state index contributed by atoms with van der Waals surface area (Å²) in [5, 5.41) is 3.28. The zero-order chi connectivity index (χ0) is 23.3. The predicted molar refractivity (Wildman–Crippen MR) is 124 cm³/mol. The zero-order valence-electron chi connectivity index (χ0n) is 18.9. The van der Waals surface area contributed by atoms with Gasteiger partial charge in [0.15, 0.2) is 0 Å². The van der Waals surface area contributed by atoms with E-state index in [4.69, 9.17) is 0 Å². The number of hydrogen-bond acceptors (Lipinski definition) is 3. The lowest BCUT2D eigenvalue weighted by Gasteiger charge is -2.38. The van der Waals surface area contributed by atoms with E-state index in [0.29, 0.717) is 38.4 Å². The van der Waals surface area contributed by atoms with Crippen LogP contribution in [0.4, 0.5) is 18.9 Å². The number of alkyl halides is 3. The molecule has 1 atom stereocenters. The van der Waals surface area contributed by atoms with Gasteiger partial charge in [0, 0.05) is 44.5 Å². The number of benzene rings is 2. The van der Waals surface area contributed by atoms with Crippen molar-refractivity contribution in [3.63, 3.8) is 0 Å². The third kappa shape index (κ3) is 6.28. The smallest absolute Gasteiger partial charge is 0.369 e. The van der Waals surface area contributed by atoms with Gasteiger partial charge in [0.25, 0.3) is 0 Å². The van der Waals surface area contributed by atoms with Crippen LogP contribution < -0.4 is 10.2 Å². The Morgan fingerprint density at radius 1 is 0.939 bits per heavy atom. The summed E-state index contributed by atoms with van der Waals surface area (Å²) in [6.07, 6.45) is 1.32. The molecule has 2 aromatic rings. The van der Waals surface area contributed by atoms with E-state index < -0.39 is 11.7 Å². The number of rotatable bonds is 6. The van der Waals surface area contributed by atoms with Gasteiger partial charge in [-0.15, -0.1) is 0 Å². The zero-order valence-corrected chi connectivity index (χ0v) is 18.9. The van der Waals surface area contributed by atoms with Gasteiger partial charge in [0.1, 0.15) is 0 Å². The minimum atomic E-state index is -4.34. The first-order chi connectivity index (χ1) is 15.9. The average molecular weight is 460 g/mol. The third-order valence-corrected chi connectivity index (χ3v) is 6.82. The summed E-state index contributed by atoms with van der Waals surface area (Å²) < 4.78 is 39.2. The van der Waals surface area contributed by atoms with Gasteiger partial charge in [-0.2, -0.15) is 13.2 Å².